The molecule has 16 heavy (non-hydrogen) atoms. The van der Waals surface area contributed by atoms with E-state index in [1.165, 1.54) is 6.42 Å². The topological polar surface area (TPSA) is 49.5 Å². The number of hydrogen-bond acceptors (Lipinski definition) is 3. The van der Waals surface area contributed by atoms with E-state index in [4.69, 9.17) is 5.73 Å². The first kappa shape index (κ1) is 9.97. The monoisotopic (exact) mass is 218 g/mol. The lowest BCUT2D eigenvalue weighted by atomic mass is 9.72. The van der Waals surface area contributed by atoms with Gasteiger partial charge in [0.1, 0.15) is 5.75 Å². The number of phenols is 1. The summed E-state index contributed by atoms with van der Waals surface area (Å²) in [5.41, 5.74) is 9.21. The van der Waals surface area contributed by atoms with Crippen LogP contribution in [0.1, 0.15) is 30.4 Å². The molecule has 86 valence electrons. The molecule has 1 aromatic rings. The van der Waals surface area contributed by atoms with E-state index in [9.17, 15) is 5.11 Å². The molecular weight excluding hydrogens is 200 g/mol. The molecule has 0 unspecified atom stereocenters. The maximum absolute atomic E-state index is 10.3. The first-order chi connectivity index (χ1) is 7.62. The molecule has 0 radical (unpaired) electrons. The molecule has 0 saturated heterocycles. The molecule has 1 aliphatic heterocycles. The largest absolute Gasteiger partial charge is 0.507 e. The number of anilines is 1. The summed E-state index contributed by atoms with van der Waals surface area (Å²) in [6.07, 6.45) is 4.10. The average Bonchev–Trinajstić information content (AvgIpc) is 2.59. The van der Waals surface area contributed by atoms with Crippen LogP contribution < -0.4 is 10.6 Å². The smallest absolute Gasteiger partial charge is 0.125 e. The lowest BCUT2D eigenvalue weighted by Crippen LogP contribution is -2.43. The molecule has 0 aromatic heterocycles. The lowest BCUT2D eigenvalue weighted by Gasteiger charge is -2.39. The Hall–Kier alpha value is -1.22. The number of rotatable bonds is 1. The van der Waals surface area contributed by atoms with Crippen LogP contribution in [0.15, 0.2) is 12.1 Å². The molecule has 1 fully saturated rings. The van der Waals surface area contributed by atoms with Gasteiger partial charge in [0, 0.05) is 35.9 Å². The number of nitrogens with two attached hydrogens (primary N) is 1. The van der Waals surface area contributed by atoms with Crippen LogP contribution in [-0.2, 0) is 12.0 Å². The van der Waals surface area contributed by atoms with Gasteiger partial charge in [0.25, 0.3) is 0 Å². The van der Waals surface area contributed by atoms with Crippen molar-refractivity contribution >= 4 is 5.69 Å². The van der Waals surface area contributed by atoms with Gasteiger partial charge in [0.05, 0.1) is 0 Å². The van der Waals surface area contributed by atoms with E-state index in [-0.39, 0.29) is 5.54 Å². The highest BCUT2D eigenvalue weighted by atomic mass is 16.3. The molecule has 0 atom stereocenters. The van der Waals surface area contributed by atoms with Crippen LogP contribution >= 0.6 is 0 Å². The molecular formula is C13H18N2O. The number of likely N-dealkylation sites (N-methyl/N-ethyl adjacent to an activating group) is 1. The maximum Gasteiger partial charge on any atom is 0.125 e. The Morgan fingerprint density at radius 2 is 2.12 bits per heavy atom. The van der Waals surface area contributed by atoms with Crippen LogP contribution in [0.3, 0.4) is 0 Å². The predicted octanol–water partition coefficient (Wildman–Crippen LogP) is 1.72. The normalized spacial score (nSPS) is 21.8. The summed E-state index contributed by atoms with van der Waals surface area (Å²) >= 11 is 0. The van der Waals surface area contributed by atoms with Gasteiger partial charge >= 0.3 is 0 Å². The summed E-state index contributed by atoms with van der Waals surface area (Å²) in [7, 11) is 2.06. The minimum absolute atomic E-state index is 0.264. The SMILES string of the molecule is CN1CCc2c1ccc(C1(N)CCC1)c2O. The molecule has 3 nitrogen and oxygen atoms in total. The number of phenolic OH excluding ortho intramolecular Hbond substituents is 1. The standard InChI is InChI=1S/C13H18N2O/c1-15-8-5-9-11(15)4-3-10(12(9)16)13(14)6-2-7-13/h3-4,16H,2,5-8,14H2,1H3. The fourth-order valence-corrected chi connectivity index (χ4v) is 2.86. The van der Waals surface area contributed by atoms with Crippen LogP contribution in [-0.4, -0.2) is 18.7 Å². The highest BCUT2D eigenvalue weighted by Gasteiger charge is 2.38. The molecule has 3 heteroatoms. The van der Waals surface area contributed by atoms with E-state index in [0.717, 1.165) is 42.6 Å². The second-order valence-corrected chi connectivity index (χ2v) is 5.14. The number of hydrogen-bond donors (Lipinski definition) is 2. The van der Waals surface area contributed by atoms with Crippen LogP contribution in [0.25, 0.3) is 0 Å². The van der Waals surface area contributed by atoms with E-state index < -0.39 is 0 Å². The fourth-order valence-electron chi connectivity index (χ4n) is 2.86. The van der Waals surface area contributed by atoms with Crippen molar-refractivity contribution < 1.29 is 5.11 Å². The first-order valence-corrected chi connectivity index (χ1v) is 5.97. The van der Waals surface area contributed by atoms with Crippen molar-refractivity contribution in [2.24, 2.45) is 5.73 Å². The molecule has 3 N–H and O–H groups in total. The Bertz CT molecular complexity index is 438. The second kappa shape index (κ2) is 3.14. The number of benzene rings is 1. The lowest BCUT2D eigenvalue weighted by molar-refractivity contribution is 0.245. The van der Waals surface area contributed by atoms with Crippen LogP contribution in [0.4, 0.5) is 5.69 Å². The van der Waals surface area contributed by atoms with E-state index in [0.29, 0.717) is 5.75 Å². The third kappa shape index (κ3) is 1.18. The number of nitrogens with zero attached hydrogens (tertiary/aromatic N) is 1. The van der Waals surface area contributed by atoms with Gasteiger partial charge in [-0.1, -0.05) is 6.07 Å². The Balaban J connectivity index is 2.09. The summed E-state index contributed by atoms with van der Waals surface area (Å²) in [6.45, 7) is 0.990. The molecule has 2 aliphatic rings. The van der Waals surface area contributed by atoms with Crippen molar-refractivity contribution in [1.82, 2.24) is 0 Å². The zero-order valence-corrected chi connectivity index (χ0v) is 9.66. The molecule has 3 rings (SSSR count). The molecule has 1 heterocycles. The number of fused-ring (bicyclic) bond motifs is 1. The fraction of sp³-hybridized carbons (Fsp3) is 0.538. The molecule has 0 spiro atoms. The van der Waals surface area contributed by atoms with E-state index in [2.05, 4.69) is 18.0 Å². The van der Waals surface area contributed by atoms with Gasteiger partial charge in [-0.25, -0.2) is 0 Å². The van der Waals surface area contributed by atoms with Crippen LogP contribution in [0, 0.1) is 0 Å². The van der Waals surface area contributed by atoms with Gasteiger partial charge in [-0.2, -0.15) is 0 Å². The average molecular weight is 218 g/mol. The van der Waals surface area contributed by atoms with Crippen molar-refractivity contribution in [1.29, 1.82) is 0 Å². The van der Waals surface area contributed by atoms with Crippen LogP contribution in [0.5, 0.6) is 5.75 Å². The maximum atomic E-state index is 10.3. The van der Waals surface area contributed by atoms with Gasteiger partial charge < -0.3 is 15.7 Å². The zero-order chi connectivity index (χ0) is 11.3. The van der Waals surface area contributed by atoms with Gasteiger partial charge in [0.15, 0.2) is 0 Å². The molecule has 1 aromatic carbocycles. The quantitative estimate of drug-likeness (QED) is 0.754. The Morgan fingerprint density at radius 1 is 1.38 bits per heavy atom. The Labute approximate surface area is 95.9 Å². The molecule has 1 aliphatic carbocycles. The van der Waals surface area contributed by atoms with Crippen molar-refractivity contribution in [3.8, 4) is 5.75 Å². The van der Waals surface area contributed by atoms with Crippen LogP contribution in [0.2, 0.25) is 0 Å². The Morgan fingerprint density at radius 3 is 2.75 bits per heavy atom. The van der Waals surface area contributed by atoms with Crippen molar-refractivity contribution in [3.05, 3.63) is 23.3 Å². The minimum atomic E-state index is -0.264. The molecule has 0 amide bonds. The van der Waals surface area contributed by atoms with Crippen molar-refractivity contribution in [2.75, 3.05) is 18.5 Å². The summed E-state index contributed by atoms with van der Waals surface area (Å²) < 4.78 is 0. The van der Waals surface area contributed by atoms with Gasteiger partial charge in [-0.3, -0.25) is 0 Å². The van der Waals surface area contributed by atoms with Crippen molar-refractivity contribution in [3.63, 3.8) is 0 Å². The Kier molecular flexibility index (Phi) is 1.96. The van der Waals surface area contributed by atoms with Gasteiger partial charge in [0.2, 0.25) is 0 Å². The summed E-state index contributed by atoms with van der Waals surface area (Å²) in [5.74, 6) is 0.448. The first-order valence-electron chi connectivity index (χ1n) is 5.97. The minimum Gasteiger partial charge on any atom is -0.507 e. The van der Waals surface area contributed by atoms with E-state index in [1.807, 2.05) is 6.07 Å². The second-order valence-electron chi connectivity index (χ2n) is 5.14. The van der Waals surface area contributed by atoms with Gasteiger partial charge in [-0.05, 0) is 31.7 Å². The zero-order valence-electron chi connectivity index (χ0n) is 9.66. The highest BCUT2D eigenvalue weighted by Crippen LogP contribution is 2.46. The molecule has 1 saturated carbocycles. The van der Waals surface area contributed by atoms with E-state index >= 15 is 0 Å². The third-order valence-corrected chi connectivity index (χ3v) is 4.15. The third-order valence-electron chi connectivity index (χ3n) is 4.15. The summed E-state index contributed by atoms with van der Waals surface area (Å²) in [5, 5.41) is 10.3. The summed E-state index contributed by atoms with van der Waals surface area (Å²) in [6, 6.07) is 4.11. The van der Waals surface area contributed by atoms with Crippen molar-refractivity contribution in [2.45, 2.75) is 31.2 Å². The summed E-state index contributed by atoms with van der Waals surface area (Å²) in [4.78, 5) is 2.18. The van der Waals surface area contributed by atoms with Gasteiger partial charge in [-0.15, -0.1) is 0 Å². The molecule has 0 bridgehead atoms. The highest BCUT2D eigenvalue weighted by molar-refractivity contribution is 5.65. The number of aromatic hydroxyl groups is 1. The predicted molar refractivity (Wildman–Crippen MR) is 64.8 cm³/mol. The van der Waals surface area contributed by atoms with E-state index in [1.54, 1.807) is 0 Å².